The molecular weight excluding hydrogens is 853 g/mol. The lowest BCUT2D eigenvalue weighted by Crippen LogP contribution is -2.61. The van der Waals surface area contributed by atoms with Crippen molar-refractivity contribution in [1.82, 2.24) is 0 Å². The molecule has 386 valence electrons. The quantitative estimate of drug-likeness (QED) is 0.0228. The number of hydrogen-bond donors (Lipinski definition) is 3. The maximum Gasteiger partial charge on any atom is 0.335 e. The minimum atomic E-state index is -1.90. The molecule has 0 saturated carbocycles. The smallest absolute Gasteiger partial charge is 0.335 e. The van der Waals surface area contributed by atoms with Crippen LogP contribution in [-0.4, -0.2) is 89.2 Å². The Hall–Kier alpha value is -3.32. The molecule has 0 amide bonds. The molecule has 0 aromatic carbocycles. The summed E-state index contributed by atoms with van der Waals surface area (Å²) in [6, 6.07) is 0. The fourth-order valence-corrected chi connectivity index (χ4v) is 7.83. The number of carboxylic acids is 1. The summed E-state index contributed by atoms with van der Waals surface area (Å²) in [7, 11) is 0. The van der Waals surface area contributed by atoms with Gasteiger partial charge in [0.05, 0.1) is 6.61 Å². The van der Waals surface area contributed by atoms with Crippen LogP contribution in [0.1, 0.15) is 226 Å². The predicted octanol–water partition coefficient (Wildman–Crippen LogP) is 12.7. The van der Waals surface area contributed by atoms with Crippen LogP contribution in [0.5, 0.6) is 0 Å². The van der Waals surface area contributed by atoms with Crippen molar-refractivity contribution in [2.45, 2.75) is 263 Å². The molecule has 1 aliphatic rings. The van der Waals surface area contributed by atoms with E-state index in [4.69, 9.17) is 23.7 Å². The topological polar surface area (TPSA) is 175 Å². The minimum absolute atomic E-state index is 0.0613. The fourth-order valence-electron chi connectivity index (χ4n) is 7.83. The number of rotatable bonds is 44. The summed E-state index contributed by atoms with van der Waals surface area (Å²) in [6.07, 6.45) is 38.2. The van der Waals surface area contributed by atoms with Gasteiger partial charge in [0.25, 0.3) is 0 Å². The van der Waals surface area contributed by atoms with Crippen molar-refractivity contribution in [2.75, 3.05) is 13.2 Å². The number of carbonyl (C=O) groups is 4. The van der Waals surface area contributed by atoms with Crippen LogP contribution >= 0.6 is 0 Å². The molecule has 1 saturated heterocycles. The molecule has 12 nitrogen and oxygen atoms in total. The maximum atomic E-state index is 13.0. The average molecular weight is 947 g/mol. The highest BCUT2D eigenvalue weighted by Crippen LogP contribution is 2.26. The van der Waals surface area contributed by atoms with Crippen LogP contribution in [0.4, 0.5) is 0 Å². The Bertz CT molecular complexity index is 1360. The van der Waals surface area contributed by atoms with Crippen molar-refractivity contribution in [3.8, 4) is 0 Å². The highest BCUT2D eigenvalue weighted by Gasteiger charge is 2.50. The Kier molecular flexibility index (Phi) is 40.4. The van der Waals surface area contributed by atoms with E-state index in [1.807, 2.05) is 0 Å². The van der Waals surface area contributed by atoms with E-state index in [0.29, 0.717) is 19.3 Å². The first-order valence-corrected chi connectivity index (χ1v) is 26.6. The first-order chi connectivity index (χ1) is 32.6. The van der Waals surface area contributed by atoms with Gasteiger partial charge in [0.15, 0.2) is 24.6 Å². The molecule has 0 spiro atoms. The summed E-state index contributed by atoms with van der Waals surface area (Å²) < 4.78 is 28.2. The fraction of sp³-hybridized carbons (Fsp3) is 0.782. The van der Waals surface area contributed by atoms with Gasteiger partial charge in [-0.25, -0.2) is 4.79 Å². The lowest BCUT2D eigenvalue weighted by atomic mass is 9.98. The summed E-state index contributed by atoms with van der Waals surface area (Å²) in [5.41, 5.74) is 0. The third kappa shape index (κ3) is 34.6. The van der Waals surface area contributed by atoms with Crippen molar-refractivity contribution >= 4 is 23.9 Å². The first kappa shape index (κ1) is 61.7. The van der Waals surface area contributed by atoms with Crippen molar-refractivity contribution in [3.63, 3.8) is 0 Å². The lowest BCUT2D eigenvalue weighted by molar-refractivity contribution is -0.301. The summed E-state index contributed by atoms with van der Waals surface area (Å²) in [4.78, 5) is 50.7. The molecular formula is C55H94O12. The Morgan fingerprint density at radius 3 is 1.43 bits per heavy atom. The largest absolute Gasteiger partial charge is 0.479 e. The lowest BCUT2D eigenvalue weighted by Gasteiger charge is -2.40. The molecule has 3 N–H and O–H groups in total. The van der Waals surface area contributed by atoms with E-state index < -0.39 is 67.3 Å². The van der Waals surface area contributed by atoms with Crippen molar-refractivity contribution < 1.29 is 58.2 Å². The summed E-state index contributed by atoms with van der Waals surface area (Å²) in [6.45, 7) is 5.80. The molecule has 0 aromatic rings. The number of aliphatic hydroxyl groups excluding tert-OH is 2. The normalized spacial score (nSPS) is 19.2. The van der Waals surface area contributed by atoms with Gasteiger partial charge in [-0.15, -0.1) is 0 Å². The van der Waals surface area contributed by atoms with Crippen LogP contribution in [0.2, 0.25) is 0 Å². The summed E-state index contributed by atoms with van der Waals surface area (Å²) in [5, 5.41) is 31.3. The Balaban J connectivity index is 2.71. The van der Waals surface area contributed by atoms with Gasteiger partial charge < -0.3 is 39.0 Å². The SMILES string of the molecule is CC/C=C\C/C=C\C/C=C\C/C=C\CCCCCCC(=O)OCC(COC1OC(C(=O)O)C(O)C(O)C1OC(=O)CCCCCCCCCCCCC)OC(=O)CCCCCCCCCCC. The van der Waals surface area contributed by atoms with E-state index in [-0.39, 0.29) is 25.9 Å². The van der Waals surface area contributed by atoms with Gasteiger partial charge in [0.2, 0.25) is 0 Å². The molecule has 1 heterocycles. The first-order valence-electron chi connectivity index (χ1n) is 26.6. The number of aliphatic carboxylic acids is 1. The van der Waals surface area contributed by atoms with Crippen molar-refractivity contribution in [2.24, 2.45) is 0 Å². The minimum Gasteiger partial charge on any atom is -0.479 e. The van der Waals surface area contributed by atoms with Gasteiger partial charge in [-0.05, 0) is 57.8 Å². The Labute approximate surface area is 405 Å². The highest BCUT2D eigenvalue weighted by atomic mass is 16.7. The van der Waals surface area contributed by atoms with Crippen LogP contribution < -0.4 is 0 Å². The zero-order valence-electron chi connectivity index (χ0n) is 42.1. The molecule has 1 rings (SSSR count). The van der Waals surface area contributed by atoms with Gasteiger partial charge in [0.1, 0.15) is 18.8 Å². The number of allylic oxidation sites excluding steroid dienone is 8. The van der Waals surface area contributed by atoms with E-state index >= 15 is 0 Å². The molecule has 0 radical (unpaired) electrons. The van der Waals surface area contributed by atoms with Crippen molar-refractivity contribution in [1.29, 1.82) is 0 Å². The molecule has 12 heteroatoms. The highest BCUT2D eigenvalue weighted by molar-refractivity contribution is 5.74. The third-order valence-electron chi connectivity index (χ3n) is 11.9. The average Bonchev–Trinajstić information content (AvgIpc) is 3.31. The van der Waals surface area contributed by atoms with E-state index in [1.54, 1.807) is 0 Å². The second-order valence-electron chi connectivity index (χ2n) is 18.1. The number of carboxylic acid groups (broad SMARTS) is 1. The second-order valence-corrected chi connectivity index (χ2v) is 18.1. The summed E-state index contributed by atoms with van der Waals surface area (Å²) in [5.74, 6) is -3.14. The van der Waals surface area contributed by atoms with Crippen LogP contribution in [0.3, 0.4) is 0 Å². The molecule has 6 unspecified atom stereocenters. The van der Waals surface area contributed by atoms with E-state index in [0.717, 1.165) is 96.3 Å². The second kappa shape index (κ2) is 43.9. The van der Waals surface area contributed by atoms with E-state index in [1.165, 1.54) is 70.6 Å². The predicted molar refractivity (Wildman–Crippen MR) is 266 cm³/mol. The molecule has 1 aliphatic heterocycles. The number of esters is 3. The van der Waals surface area contributed by atoms with Crippen LogP contribution in [-0.2, 0) is 42.9 Å². The Morgan fingerprint density at radius 1 is 0.507 bits per heavy atom. The van der Waals surface area contributed by atoms with Crippen LogP contribution in [0.15, 0.2) is 48.6 Å². The van der Waals surface area contributed by atoms with Crippen LogP contribution in [0, 0.1) is 0 Å². The van der Waals surface area contributed by atoms with E-state index in [9.17, 15) is 34.5 Å². The number of aliphatic hydroxyl groups is 2. The Morgan fingerprint density at radius 2 is 0.940 bits per heavy atom. The maximum absolute atomic E-state index is 13.0. The zero-order chi connectivity index (χ0) is 49.0. The summed E-state index contributed by atoms with van der Waals surface area (Å²) >= 11 is 0. The van der Waals surface area contributed by atoms with Crippen molar-refractivity contribution in [3.05, 3.63) is 48.6 Å². The van der Waals surface area contributed by atoms with Gasteiger partial charge in [-0.2, -0.15) is 0 Å². The molecule has 0 bridgehead atoms. The molecule has 67 heavy (non-hydrogen) atoms. The van der Waals surface area contributed by atoms with Gasteiger partial charge in [0, 0.05) is 19.3 Å². The molecule has 6 atom stereocenters. The third-order valence-corrected chi connectivity index (χ3v) is 11.9. The van der Waals surface area contributed by atoms with Crippen LogP contribution in [0.25, 0.3) is 0 Å². The van der Waals surface area contributed by atoms with Gasteiger partial charge >= 0.3 is 23.9 Å². The number of unbranched alkanes of at least 4 members (excludes halogenated alkanes) is 22. The van der Waals surface area contributed by atoms with E-state index in [2.05, 4.69) is 69.4 Å². The molecule has 1 fully saturated rings. The van der Waals surface area contributed by atoms with Gasteiger partial charge in [-0.1, -0.05) is 198 Å². The molecule has 0 aliphatic carbocycles. The standard InChI is InChI=1S/C55H94O12/c1-4-7-10-13-16-19-21-22-23-24-25-26-28-30-32-35-38-41-47(56)63-44-46(65-48(57)42-39-36-33-29-18-15-12-9-6-3)45-64-55-53(51(60)50(59)52(67-55)54(61)62)66-49(58)43-40-37-34-31-27-20-17-14-11-8-5-2/h7,10,16,19,22-23,25-26,46,50-53,55,59-60H,4-6,8-9,11-15,17-18,20-21,24,27-45H2,1-3H3,(H,61,62)/b10-7-,19-16-,23-22-,26-25-. The zero-order valence-corrected chi connectivity index (χ0v) is 42.1. The number of ether oxygens (including phenoxy) is 5. The van der Waals surface area contributed by atoms with Gasteiger partial charge in [-0.3, -0.25) is 14.4 Å². The monoisotopic (exact) mass is 947 g/mol. The molecule has 0 aromatic heterocycles. The number of hydrogen-bond acceptors (Lipinski definition) is 11. The number of carbonyl (C=O) groups excluding carboxylic acids is 3.